The maximum absolute atomic E-state index is 12.1. The molecule has 0 radical (unpaired) electrons. The Morgan fingerprint density at radius 3 is 3.04 bits per heavy atom. The largest absolute Gasteiger partial charge is 0.333 e. The SMILES string of the molecule is Cc1cccc(Cc2cnc(NC(=O)CN3CCCCC3=O)s2)c1Cl. The van der Waals surface area contributed by atoms with Gasteiger partial charge in [-0.25, -0.2) is 4.98 Å². The summed E-state index contributed by atoms with van der Waals surface area (Å²) in [6.07, 6.45) is 4.83. The zero-order valence-electron chi connectivity index (χ0n) is 14.0. The molecule has 3 rings (SSSR count). The first-order valence-electron chi connectivity index (χ1n) is 8.29. The highest BCUT2D eigenvalue weighted by molar-refractivity contribution is 7.15. The Labute approximate surface area is 156 Å². The molecule has 132 valence electrons. The van der Waals surface area contributed by atoms with Crippen LogP contribution in [0.4, 0.5) is 5.13 Å². The maximum Gasteiger partial charge on any atom is 0.245 e. The fourth-order valence-corrected chi connectivity index (χ4v) is 3.89. The number of rotatable bonds is 5. The summed E-state index contributed by atoms with van der Waals surface area (Å²) in [5.74, 6) is -0.153. The predicted molar refractivity (Wildman–Crippen MR) is 100 cm³/mol. The summed E-state index contributed by atoms with van der Waals surface area (Å²) in [7, 11) is 0. The van der Waals surface area contributed by atoms with Crippen LogP contribution in [-0.4, -0.2) is 34.8 Å². The number of thiazole rings is 1. The molecule has 2 heterocycles. The van der Waals surface area contributed by atoms with Gasteiger partial charge in [-0.05, 0) is 30.9 Å². The van der Waals surface area contributed by atoms with E-state index < -0.39 is 0 Å². The fraction of sp³-hybridized carbons (Fsp3) is 0.389. The zero-order valence-corrected chi connectivity index (χ0v) is 15.6. The molecule has 25 heavy (non-hydrogen) atoms. The number of aromatic nitrogens is 1. The molecular formula is C18H20ClN3O2S. The van der Waals surface area contributed by atoms with Crippen LogP contribution < -0.4 is 5.32 Å². The van der Waals surface area contributed by atoms with Gasteiger partial charge in [0.1, 0.15) is 0 Å². The molecule has 1 aromatic heterocycles. The van der Waals surface area contributed by atoms with Gasteiger partial charge in [0.05, 0.1) is 6.54 Å². The van der Waals surface area contributed by atoms with Gasteiger partial charge in [-0.1, -0.05) is 29.8 Å². The first-order chi connectivity index (χ1) is 12.0. The lowest BCUT2D eigenvalue weighted by Crippen LogP contribution is -2.40. The lowest BCUT2D eigenvalue weighted by Gasteiger charge is -2.25. The smallest absolute Gasteiger partial charge is 0.245 e. The van der Waals surface area contributed by atoms with E-state index in [-0.39, 0.29) is 18.4 Å². The van der Waals surface area contributed by atoms with E-state index in [9.17, 15) is 9.59 Å². The van der Waals surface area contributed by atoms with Crippen LogP contribution in [0.15, 0.2) is 24.4 Å². The highest BCUT2D eigenvalue weighted by Gasteiger charge is 2.20. The summed E-state index contributed by atoms with van der Waals surface area (Å²) in [6, 6.07) is 5.96. The lowest BCUT2D eigenvalue weighted by atomic mass is 10.1. The minimum Gasteiger partial charge on any atom is -0.333 e. The predicted octanol–water partition coefficient (Wildman–Crippen LogP) is 3.65. The van der Waals surface area contributed by atoms with E-state index in [1.54, 1.807) is 11.1 Å². The molecule has 1 aliphatic rings. The third kappa shape index (κ3) is 4.58. The molecule has 1 N–H and O–H groups in total. The van der Waals surface area contributed by atoms with Crippen LogP contribution in [0.3, 0.4) is 0 Å². The Kier molecular flexibility index (Phi) is 5.71. The Balaban J connectivity index is 1.58. The minimum absolute atomic E-state index is 0.0512. The standard InChI is InChI=1S/C18H20ClN3O2S/c1-12-5-4-6-13(17(12)19)9-14-10-20-18(25-14)21-15(23)11-22-8-3-2-7-16(22)24/h4-6,10H,2-3,7-9,11H2,1H3,(H,20,21,23). The number of nitrogens with one attached hydrogen (secondary N) is 1. The quantitative estimate of drug-likeness (QED) is 0.865. The van der Waals surface area contributed by atoms with Crippen molar-refractivity contribution in [2.75, 3.05) is 18.4 Å². The Bertz CT molecular complexity index is 790. The summed E-state index contributed by atoms with van der Waals surface area (Å²) < 4.78 is 0. The van der Waals surface area contributed by atoms with Gasteiger partial charge in [-0.15, -0.1) is 11.3 Å². The topological polar surface area (TPSA) is 62.3 Å². The average Bonchev–Trinajstić information content (AvgIpc) is 3.01. The molecule has 0 spiro atoms. The van der Waals surface area contributed by atoms with Gasteiger partial charge in [-0.2, -0.15) is 0 Å². The van der Waals surface area contributed by atoms with Gasteiger partial charge in [0, 0.05) is 35.5 Å². The van der Waals surface area contributed by atoms with Crippen molar-refractivity contribution >= 4 is 39.9 Å². The lowest BCUT2D eigenvalue weighted by molar-refractivity contribution is -0.136. The minimum atomic E-state index is -0.204. The van der Waals surface area contributed by atoms with Gasteiger partial charge in [0.2, 0.25) is 11.8 Å². The molecule has 7 heteroatoms. The normalized spacial score (nSPS) is 14.6. The molecule has 1 saturated heterocycles. The van der Waals surface area contributed by atoms with E-state index in [0.29, 0.717) is 24.5 Å². The number of piperidine rings is 1. The van der Waals surface area contributed by atoms with E-state index in [1.807, 2.05) is 25.1 Å². The first-order valence-corrected chi connectivity index (χ1v) is 9.48. The number of hydrogen-bond donors (Lipinski definition) is 1. The second-order valence-corrected chi connectivity index (χ2v) is 7.67. The first kappa shape index (κ1) is 17.9. The fourth-order valence-electron chi connectivity index (χ4n) is 2.84. The van der Waals surface area contributed by atoms with Crippen molar-refractivity contribution in [3.8, 4) is 0 Å². The molecule has 2 aromatic rings. The van der Waals surface area contributed by atoms with E-state index in [1.165, 1.54) is 11.3 Å². The van der Waals surface area contributed by atoms with E-state index >= 15 is 0 Å². The van der Waals surface area contributed by atoms with Crippen LogP contribution in [0.5, 0.6) is 0 Å². The molecule has 0 atom stereocenters. The summed E-state index contributed by atoms with van der Waals surface area (Å²) in [5.41, 5.74) is 2.09. The van der Waals surface area contributed by atoms with Gasteiger partial charge in [0.15, 0.2) is 5.13 Å². The van der Waals surface area contributed by atoms with Crippen molar-refractivity contribution in [2.45, 2.75) is 32.6 Å². The zero-order chi connectivity index (χ0) is 17.8. The maximum atomic E-state index is 12.1. The highest BCUT2D eigenvalue weighted by atomic mass is 35.5. The second-order valence-electron chi connectivity index (χ2n) is 6.18. The van der Waals surface area contributed by atoms with Crippen molar-refractivity contribution < 1.29 is 9.59 Å². The van der Waals surface area contributed by atoms with E-state index in [0.717, 1.165) is 33.9 Å². The van der Waals surface area contributed by atoms with Gasteiger partial charge in [-0.3, -0.25) is 9.59 Å². The van der Waals surface area contributed by atoms with Crippen molar-refractivity contribution in [3.63, 3.8) is 0 Å². The van der Waals surface area contributed by atoms with Crippen molar-refractivity contribution in [1.29, 1.82) is 0 Å². The number of hydrogen-bond acceptors (Lipinski definition) is 4. The molecular weight excluding hydrogens is 358 g/mol. The Hall–Kier alpha value is -1.92. The van der Waals surface area contributed by atoms with Crippen LogP contribution in [0.1, 0.15) is 35.3 Å². The van der Waals surface area contributed by atoms with Gasteiger partial charge < -0.3 is 10.2 Å². The van der Waals surface area contributed by atoms with E-state index in [2.05, 4.69) is 10.3 Å². The number of carbonyl (C=O) groups excluding carboxylic acids is 2. The summed E-state index contributed by atoms with van der Waals surface area (Å²) >= 11 is 7.76. The highest BCUT2D eigenvalue weighted by Crippen LogP contribution is 2.26. The molecule has 1 aromatic carbocycles. The number of carbonyl (C=O) groups is 2. The summed E-state index contributed by atoms with van der Waals surface area (Å²) in [6.45, 7) is 2.73. The van der Waals surface area contributed by atoms with Crippen LogP contribution in [0.2, 0.25) is 5.02 Å². The van der Waals surface area contributed by atoms with Crippen molar-refractivity contribution in [3.05, 3.63) is 45.4 Å². The molecule has 2 amide bonds. The van der Waals surface area contributed by atoms with Crippen molar-refractivity contribution in [1.82, 2.24) is 9.88 Å². The second kappa shape index (κ2) is 7.97. The number of nitrogens with zero attached hydrogens (tertiary/aromatic N) is 2. The molecule has 0 aliphatic carbocycles. The van der Waals surface area contributed by atoms with E-state index in [4.69, 9.17) is 11.6 Å². The Morgan fingerprint density at radius 2 is 2.24 bits per heavy atom. The molecule has 1 aliphatic heterocycles. The van der Waals surface area contributed by atoms with Gasteiger partial charge in [0.25, 0.3) is 0 Å². The van der Waals surface area contributed by atoms with Crippen LogP contribution in [0.25, 0.3) is 0 Å². The average molecular weight is 378 g/mol. The van der Waals surface area contributed by atoms with Crippen LogP contribution >= 0.6 is 22.9 Å². The van der Waals surface area contributed by atoms with Crippen LogP contribution in [-0.2, 0) is 16.0 Å². The third-order valence-electron chi connectivity index (χ3n) is 4.19. The number of likely N-dealkylation sites (tertiary alicyclic amines) is 1. The number of anilines is 1. The Morgan fingerprint density at radius 1 is 1.40 bits per heavy atom. The molecule has 0 unspecified atom stereocenters. The number of benzene rings is 1. The van der Waals surface area contributed by atoms with Crippen LogP contribution in [0, 0.1) is 6.92 Å². The molecule has 5 nitrogen and oxygen atoms in total. The molecule has 0 saturated carbocycles. The monoisotopic (exact) mass is 377 g/mol. The molecule has 1 fully saturated rings. The van der Waals surface area contributed by atoms with Gasteiger partial charge >= 0.3 is 0 Å². The number of amides is 2. The number of halogens is 1. The van der Waals surface area contributed by atoms with Crippen molar-refractivity contribution in [2.24, 2.45) is 0 Å². The third-order valence-corrected chi connectivity index (χ3v) is 5.65. The number of aryl methyl sites for hydroxylation is 1. The summed E-state index contributed by atoms with van der Waals surface area (Å²) in [4.78, 5) is 30.8. The summed E-state index contributed by atoms with van der Waals surface area (Å²) in [5, 5.41) is 4.10. The molecule has 0 bridgehead atoms.